The van der Waals surface area contributed by atoms with E-state index in [1.807, 2.05) is 18.4 Å². The molecule has 0 bridgehead atoms. The van der Waals surface area contributed by atoms with Crippen LogP contribution >= 0.6 is 11.3 Å². The molecule has 1 aromatic heterocycles. The van der Waals surface area contributed by atoms with Crippen molar-refractivity contribution in [1.82, 2.24) is 15.1 Å². The number of thiophene rings is 1. The van der Waals surface area contributed by atoms with Crippen LogP contribution in [0.4, 0.5) is 0 Å². The second-order valence-electron chi connectivity index (χ2n) is 7.93. The summed E-state index contributed by atoms with van der Waals surface area (Å²) >= 11 is 1.70. The van der Waals surface area contributed by atoms with Crippen molar-refractivity contribution >= 4 is 35.0 Å². The lowest BCUT2D eigenvalue weighted by molar-refractivity contribution is -0.138. The number of hydrogen-bond acceptors (Lipinski definition) is 5. The van der Waals surface area contributed by atoms with E-state index in [0.717, 1.165) is 23.3 Å². The van der Waals surface area contributed by atoms with Crippen molar-refractivity contribution in [1.29, 1.82) is 0 Å². The van der Waals surface area contributed by atoms with Crippen LogP contribution in [0, 0.1) is 0 Å². The fourth-order valence-corrected chi connectivity index (χ4v) is 5.06. The Bertz CT molecular complexity index is 1010. The second-order valence-corrected chi connectivity index (χ2v) is 8.93. The Balaban J connectivity index is 1.46. The van der Waals surface area contributed by atoms with Crippen molar-refractivity contribution in [2.24, 2.45) is 0 Å². The van der Waals surface area contributed by atoms with E-state index < -0.39 is 29.8 Å². The smallest absolute Gasteiger partial charge is 0.262 e. The summed E-state index contributed by atoms with van der Waals surface area (Å²) in [5.41, 5.74) is 1.76. The minimum atomic E-state index is -1.01. The summed E-state index contributed by atoms with van der Waals surface area (Å²) in [5, 5.41) is 4.84. The highest BCUT2D eigenvalue weighted by Crippen LogP contribution is 2.26. The van der Waals surface area contributed by atoms with Crippen molar-refractivity contribution < 1.29 is 19.2 Å². The highest BCUT2D eigenvalue weighted by Gasteiger charge is 2.41. The van der Waals surface area contributed by atoms with Gasteiger partial charge in [0.1, 0.15) is 12.1 Å². The van der Waals surface area contributed by atoms with E-state index in [9.17, 15) is 19.2 Å². The summed E-state index contributed by atoms with van der Waals surface area (Å²) < 4.78 is 0. The zero-order valence-electron chi connectivity index (χ0n) is 17.6. The number of benzene rings is 1. The van der Waals surface area contributed by atoms with Crippen LogP contribution in [0.15, 0.2) is 35.7 Å². The maximum Gasteiger partial charge on any atom is 0.262 e. The number of carbonyl (C=O) groups excluding carboxylic acids is 4. The van der Waals surface area contributed by atoms with Crippen molar-refractivity contribution in [2.75, 3.05) is 6.54 Å². The molecular formula is C23H25N3O4S. The maximum atomic E-state index is 13.2. The molecule has 4 amide bonds. The molecule has 7 nitrogen and oxygen atoms in total. The van der Waals surface area contributed by atoms with Gasteiger partial charge in [0.05, 0.1) is 11.1 Å². The van der Waals surface area contributed by atoms with Crippen LogP contribution in [-0.2, 0) is 22.6 Å². The molecule has 0 saturated carbocycles. The van der Waals surface area contributed by atoms with E-state index in [1.165, 1.54) is 11.8 Å². The largest absolute Gasteiger partial charge is 0.343 e. The van der Waals surface area contributed by atoms with E-state index >= 15 is 0 Å². The molecule has 3 heterocycles. The summed E-state index contributed by atoms with van der Waals surface area (Å²) in [7, 11) is 0. The maximum absolute atomic E-state index is 13.2. The Morgan fingerprint density at radius 1 is 1.13 bits per heavy atom. The van der Waals surface area contributed by atoms with Gasteiger partial charge in [-0.1, -0.05) is 25.5 Å². The average Bonchev–Trinajstić information content (AvgIpc) is 3.35. The number of fused-ring (bicyclic) bond motifs is 2. The van der Waals surface area contributed by atoms with Gasteiger partial charge in [0.15, 0.2) is 0 Å². The summed E-state index contributed by atoms with van der Waals surface area (Å²) in [4.78, 5) is 55.6. The van der Waals surface area contributed by atoms with Crippen molar-refractivity contribution in [3.05, 3.63) is 57.3 Å². The zero-order valence-corrected chi connectivity index (χ0v) is 18.4. The number of nitrogens with zero attached hydrogens (tertiary/aromatic N) is 2. The fourth-order valence-electron chi connectivity index (χ4n) is 4.17. The molecule has 0 spiro atoms. The molecule has 2 unspecified atom stereocenters. The molecule has 0 fully saturated rings. The normalized spacial score (nSPS) is 17.2. The summed E-state index contributed by atoms with van der Waals surface area (Å²) in [5.74, 6) is -1.60. The van der Waals surface area contributed by atoms with Crippen LogP contribution < -0.4 is 5.32 Å². The molecule has 8 heteroatoms. The third kappa shape index (κ3) is 3.87. The van der Waals surface area contributed by atoms with Crippen LogP contribution in [-0.4, -0.2) is 52.1 Å². The number of carbonyl (C=O) groups is 4. The van der Waals surface area contributed by atoms with Gasteiger partial charge >= 0.3 is 0 Å². The summed E-state index contributed by atoms with van der Waals surface area (Å²) in [6.07, 6.45) is 2.03. The lowest BCUT2D eigenvalue weighted by Crippen LogP contribution is -2.55. The topological polar surface area (TPSA) is 86.8 Å². The van der Waals surface area contributed by atoms with Gasteiger partial charge in [0.2, 0.25) is 11.8 Å². The molecule has 0 radical (unpaired) electrons. The van der Waals surface area contributed by atoms with Crippen molar-refractivity contribution in [3.8, 4) is 0 Å². The van der Waals surface area contributed by atoms with Gasteiger partial charge in [-0.25, -0.2) is 0 Å². The Morgan fingerprint density at radius 2 is 1.81 bits per heavy atom. The van der Waals surface area contributed by atoms with E-state index in [0.29, 0.717) is 30.6 Å². The minimum absolute atomic E-state index is 0.124. The first kappa shape index (κ1) is 21.2. The van der Waals surface area contributed by atoms with Crippen molar-refractivity contribution in [3.63, 3.8) is 0 Å². The molecule has 1 N–H and O–H groups in total. The first-order chi connectivity index (χ1) is 14.9. The van der Waals surface area contributed by atoms with Crippen LogP contribution in [0.5, 0.6) is 0 Å². The van der Waals surface area contributed by atoms with Crippen LogP contribution in [0.25, 0.3) is 0 Å². The highest BCUT2D eigenvalue weighted by atomic mass is 32.1. The molecular weight excluding hydrogens is 414 g/mol. The molecule has 0 aliphatic carbocycles. The first-order valence-corrected chi connectivity index (χ1v) is 11.4. The Labute approximate surface area is 185 Å². The third-order valence-electron chi connectivity index (χ3n) is 5.90. The molecule has 2 aliphatic rings. The molecule has 1 aromatic carbocycles. The molecule has 31 heavy (non-hydrogen) atoms. The van der Waals surface area contributed by atoms with Crippen molar-refractivity contribution in [2.45, 2.75) is 51.7 Å². The standard InChI is InChI=1S/C23H25N3O4S/c1-3-6-18(23(30)25-11-9-19-15(13-25)10-12-31-19)24-20(27)14(2)26-21(28)16-7-4-5-8-17(16)22(26)29/h4-5,7-8,10,12,14,18H,3,6,9,11,13H2,1-2H3,(H,24,27). The molecule has 2 atom stereocenters. The highest BCUT2D eigenvalue weighted by molar-refractivity contribution is 7.10. The quantitative estimate of drug-likeness (QED) is 0.701. The van der Waals surface area contributed by atoms with Crippen LogP contribution in [0.1, 0.15) is 57.8 Å². The average molecular weight is 440 g/mol. The predicted molar refractivity (Wildman–Crippen MR) is 117 cm³/mol. The number of amides is 4. The number of rotatable bonds is 6. The Hall–Kier alpha value is -3.00. The zero-order chi connectivity index (χ0) is 22.1. The Morgan fingerprint density at radius 3 is 2.45 bits per heavy atom. The second kappa shape index (κ2) is 8.63. The molecule has 0 saturated heterocycles. The minimum Gasteiger partial charge on any atom is -0.343 e. The predicted octanol–water partition coefficient (Wildman–Crippen LogP) is 2.60. The lowest BCUT2D eigenvalue weighted by Gasteiger charge is -2.32. The van der Waals surface area contributed by atoms with Gasteiger partial charge in [-0.05, 0) is 48.9 Å². The summed E-state index contributed by atoms with van der Waals surface area (Å²) in [6, 6.07) is 6.88. The van der Waals surface area contributed by atoms with Gasteiger partial charge in [-0.2, -0.15) is 0 Å². The fraction of sp³-hybridized carbons (Fsp3) is 0.391. The van der Waals surface area contributed by atoms with Gasteiger partial charge in [0.25, 0.3) is 11.8 Å². The third-order valence-corrected chi connectivity index (χ3v) is 6.93. The van der Waals surface area contributed by atoms with Gasteiger partial charge in [0, 0.05) is 18.0 Å². The molecule has 2 aliphatic heterocycles. The summed E-state index contributed by atoms with van der Waals surface area (Å²) in [6.45, 7) is 4.63. The molecule has 162 valence electrons. The van der Waals surface area contributed by atoms with Gasteiger partial charge < -0.3 is 10.2 Å². The number of hydrogen-bond donors (Lipinski definition) is 1. The molecule has 2 aromatic rings. The lowest BCUT2D eigenvalue weighted by atomic mass is 10.1. The van der Waals surface area contributed by atoms with Gasteiger partial charge in [-0.3, -0.25) is 24.1 Å². The Kier molecular flexibility index (Phi) is 5.91. The van der Waals surface area contributed by atoms with E-state index in [1.54, 1.807) is 40.5 Å². The first-order valence-electron chi connectivity index (χ1n) is 10.5. The number of nitrogens with one attached hydrogen (secondary N) is 1. The van der Waals surface area contributed by atoms with Crippen LogP contribution in [0.3, 0.4) is 0 Å². The van der Waals surface area contributed by atoms with E-state index in [-0.39, 0.29) is 5.91 Å². The number of imide groups is 1. The SMILES string of the molecule is CCCC(NC(=O)C(C)N1C(=O)c2ccccc2C1=O)C(=O)N1CCc2sccc2C1. The van der Waals surface area contributed by atoms with E-state index in [4.69, 9.17) is 0 Å². The monoisotopic (exact) mass is 439 g/mol. The van der Waals surface area contributed by atoms with Gasteiger partial charge in [-0.15, -0.1) is 11.3 Å². The van der Waals surface area contributed by atoms with Crippen LogP contribution in [0.2, 0.25) is 0 Å². The molecule has 4 rings (SSSR count). The van der Waals surface area contributed by atoms with E-state index in [2.05, 4.69) is 5.32 Å².